The lowest BCUT2D eigenvalue weighted by Crippen LogP contribution is -2.49. The second-order valence-corrected chi connectivity index (χ2v) is 4.44. The van der Waals surface area contributed by atoms with Gasteiger partial charge in [0.1, 0.15) is 0 Å². The lowest BCUT2D eigenvalue weighted by Gasteiger charge is -2.35. The Labute approximate surface area is 98.0 Å². The standard InChI is InChI=1S/C12H24N2O2/c1-2-3-8-13-12(16)14-9-5-4-6-11(14)7-10-15/h11,15H,2-10H2,1H3,(H,13,16). The van der Waals surface area contributed by atoms with Crippen LogP contribution in [0.1, 0.15) is 45.4 Å². The van der Waals surface area contributed by atoms with Crippen LogP contribution in [0.2, 0.25) is 0 Å². The molecule has 1 heterocycles. The summed E-state index contributed by atoms with van der Waals surface area (Å²) in [5, 5.41) is 11.9. The summed E-state index contributed by atoms with van der Waals surface area (Å²) in [4.78, 5) is 13.8. The molecule has 1 aliphatic heterocycles. The number of unbranched alkanes of at least 4 members (excludes halogenated alkanes) is 1. The number of piperidine rings is 1. The van der Waals surface area contributed by atoms with Crippen molar-refractivity contribution in [3.05, 3.63) is 0 Å². The largest absolute Gasteiger partial charge is 0.396 e. The highest BCUT2D eigenvalue weighted by molar-refractivity contribution is 5.74. The number of carbonyl (C=O) groups is 1. The van der Waals surface area contributed by atoms with Gasteiger partial charge in [0, 0.05) is 25.7 Å². The van der Waals surface area contributed by atoms with Crippen LogP contribution in [0.25, 0.3) is 0 Å². The molecule has 0 aromatic carbocycles. The molecule has 2 amide bonds. The molecule has 0 aliphatic carbocycles. The van der Waals surface area contributed by atoms with E-state index in [1.807, 2.05) is 4.90 Å². The summed E-state index contributed by atoms with van der Waals surface area (Å²) < 4.78 is 0. The molecule has 2 N–H and O–H groups in total. The topological polar surface area (TPSA) is 52.6 Å². The number of carbonyl (C=O) groups excluding carboxylic acids is 1. The van der Waals surface area contributed by atoms with Gasteiger partial charge in [-0.05, 0) is 32.1 Å². The van der Waals surface area contributed by atoms with E-state index in [-0.39, 0.29) is 18.7 Å². The average molecular weight is 228 g/mol. The summed E-state index contributed by atoms with van der Waals surface area (Å²) >= 11 is 0. The molecule has 0 aromatic heterocycles. The highest BCUT2D eigenvalue weighted by Crippen LogP contribution is 2.19. The van der Waals surface area contributed by atoms with Crippen LogP contribution in [-0.4, -0.2) is 41.8 Å². The quantitative estimate of drug-likeness (QED) is 0.704. The van der Waals surface area contributed by atoms with E-state index in [9.17, 15) is 4.79 Å². The van der Waals surface area contributed by atoms with Crippen molar-refractivity contribution >= 4 is 6.03 Å². The number of nitrogens with zero attached hydrogens (tertiary/aromatic N) is 1. The summed E-state index contributed by atoms with van der Waals surface area (Å²) in [6.07, 6.45) is 6.13. The van der Waals surface area contributed by atoms with Gasteiger partial charge in [-0.3, -0.25) is 0 Å². The summed E-state index contributed by atoms with van der Waals surface area (Å²) in [6, 6.07) is 0.284. The van der Waals surface area contributed by atoms with E-state index in [1.165, 1.54) is 6.42 Å². The van der Waals surface area contributed by atoms with Crippen LogP contribution in [-0.2, 0) is 0 Å². The molecule has 1 aliphatic rings. The number of amides is 2. The molecule has 16 heavy (non-hydrogen) atoms. The van der Waals surface area contributed by atoms with Crippen LogP contribution in [0.3, 0.4) is 0 Å². The molecule has 1 fully saturated rings. The Morgan fingerprint density at radius 2 is 2.31 bits per heavy atom. The van der Waals surface area contributed by atoms with Gasteiger partial charge in [0.05, 0.1) is 0 Å². The third-order valence-electron chi connectivity index (χ3n) is 3.16. The summed E-state index contributed by atoms with van der Waals surface area (Å²) in [5.41, 5.74) is 0. The Hall–Kier alpha value is -0.770. The lowest BCUT2D eigenvalue weighted by atomic mass is 10.0. The highest BCUT2D eigenvalue weighted by atomic mass is 16.3. The molecule has 1 rings (SSSR count). The number of nitrogens with one attached hydrogen (secondary N) is 1. The normalized spacial score (nSPS) is 20.9. The second kappa shape index (κ2) is 7.49. The number of aliphatic hydroxyl groups is 1. The van der Waals surface area contributed by atoms with Crippen molar-refractivity contribution in [1.82, 2.24) is 10.2 Å². The molecule has 0 spiro atoms. The maximum atomic E-state index is 11.9. The molecule has 0 aromatic rings. The fourth-order valence-corrected chi connectivity index (χ4v) is 2.19. The predicted octanol–water partition coefficient (Wildman–Crippen LogP) is 1.73. The predicted molar refractivity (Wildman–Crippen MR) is 64.4 cm³/mol. The van der Waals surface area contributed by atoms with Gasteiger partial charge >= 0.3 is 6.03 Å². The zero-order chi connectivity index (χ0) is 11.8. The summed E-state index contributed by atoms with van der Waals surface area (Å²) in [5.74, 6) is 0. The SMILES string of the molecule is CCCCNC(=O)N1CCCCC1CCO. The Bertz CT molecular complexity index is 207. The molecular weight excluding hydrogens is 204 g/mol. The number of aliphatic hydroxyl groups excluding tert-OH is 1. The van der Waals surface area contributed by atoms with E-state index >= 15 is 0 Å². The zero-order valence-electron chi connectivity index (χ0n) is 10.2. The summed E-state index contributed by atoms with van der Waals surface area (Å²) in [6.45, 7) is 3.88. The van der Waals surface area contributed by atoms with Crippen LogP contribution in [0, 0.1) is 0 Å². The first kappa shape index (κ1) is 13.3. The number of hydrogen-bond acceptors (Lipinski definition) is 2. The third kappa shape index (κ3) is 4.00. The van der Waals surface area contributed by atoms with Crippen molar-refractivity contribution < 1.29 is 9.90 Å². The smallest absolute Gasteiger partial charge is 0.317 e. The van der Waals surface area contributed by atoms with Gasteiger partial charge in [-0.2, -0.15) is 0 Å². The van der Waals surface area contributed by atoms with E-state index in [2.05, 4.69) is 12.2 Å². The average Bonchev–Trinajstić information content (AvgIpc) is 2.30. The Balaban J connectivity index is 2.37. The molecule has 0 bridgehead atoms. The Morgan fingerprint density at radius 1 is 1.50 bits per heavy atom. The molecule has 0 radical (unpaired) electrons. The van der Waals surface area contributed by atoms with E-state index in [0.29, 0.717) is 6.42 Å². The monoisotopic (exact) mass is 228 g/mol. The van der Waals surface area contributed by atoms with E-state index in [1.54, 1.807) is 0 Å². The maximum absolute atomic E-state index is 11.9. The first-order chi connectivity index (χ1) is 7.79. The first-order valence-corrected chi connectivity index (χ1v) is 6.45. The lowest BCUT2D eigenvalue weighted by molar-refractivity contribution is 0.132. The van der Waals surface area contributed by atoms with Crippen molar-refractivity contribution in [2.24, 2.45) is 0 Å². The third-order valence-corrected chi connectivity index (χ3v) is 3.16. The Morgan fingerprint density at radius 3 is 3.00 bits per heavy atom. The molecule has 4 heteroatoms. The van der Waals surface area contributed by atoms with Gasteiger partial charge in [-0.15, -0.1) is 0 Å². The molecule has 1 unspecified atom stereocenters. The van der Waals surface area contributed by atoms with Crippen molar-refractivity contribution in [3.63, 3.8) is 0 Å². The number of hydrogen-bond donors (Lipinski definition) is 2. The van der Waals surface area contributed by atoms with E-state index < -0.39 is 0 Å². The fraction of sp³-hybridized carbons (Fsp3) is 0.917. The number of urea groups is 1. The molecule has 0 saturated carbocycles. The first-order valence-electron chi connectivity index (χ1n) is 6.45. The van der Waals surface area contributed by atoms with Gasteiger partial charge in [0.15, 0.2) is 0 Å². The zero-order valence-corrected chi connectivity index (χ0v) is 10.2. The van der Waals surface area contributed by atoms with Crippen molar-refractivity contribution in [3.8, 4) is 0 Å². The van der Waals surface area contributed by atoms with Crippen LogP contribution < -0.4 is 5.32 Å². The van der Waals surface area contributed by atoms with Crippen molar-refractivity contribution in [2.75, 3.05) is 19.7 Å². The van der Waals surface area contributed by atoms with Crippen LogP contribution in [0.4, 0.5) is 4.79 Å². The van der Waals surface area contributed by atoms with Crippen LogP contribution in [0.15, 0.2) is 0 Å². The van der Waals surface area contributed by atoms with Gasteiger partial charge < -0.3 is 15.3 Å². The van der Waals surface area contributed by atoms with Crippen LogP contribution >= 0.6 is 0 Å². The molecule has 1 atom stereocenters. The van der Waals surface area contributed by atoms with Gasteiger partial charge in [-0.25, -0.2) is 4.79 Å². The molecule has 1 saturated heterocycles. The minimum atomic E-state index is 0.0478. The van der Waals surface area contributed by atoms with Crippen molar-refractivity contribution in [2.45, 2.75) is 51.5 Å². The van der Waals surface area contributed by atoms with Crippen LogP contribution in [0.5, 0.6) is 0 Å². The number of likely N-dealkylation sites (tertiary alicyclic amines) is 1. The van der Waals surface area contributed by atoms with Gasteiger partial charge in [0.2, 0.25) is 0 Å². The Kier molecular flexibility index (Phi) is 6.23. The molecule has 94 valence electrons. The molecule has 4 nitrogen and oxygen atoms in total. The minimum Gasteiger partial charge on any atom is -0.396 e. The minimum absolute atomic E-state index is 0.0478. The highest BCUT2D eigenvalue weighted by Gasteiger charge is 2.25. The second-order valence-electron chi connectivity index (χ2n) is 4.44. The van der Waals surface area contributed by atoms with Gasteiger partial charge in [-0.1, -0.05) is 13.3 Å². The van der Waals surface area contributed by atoms with Crippen molar-refractivity contribution in [1.29, 1.82) is 0 Å². The van der Waals surface area contributed by atoms with E-state index in [4.69, 9.17) is 5.11 Å². The fourth-order valence-electron chi connectivity index (χ4n) is 2.19. The molecular formula is C12H24N2O2. The summed E-state index contributed by atoms with van der Waals surface area (Å²) in [7, 11) is 0. The maximum Gasteiger partial charge on any atom is 0.317 e. The van der Waals surface area contributed by atoms with E-state index in [0.717, 1.165) is 38.8 Å². The number of rotatable bonds is 5. The van der Waals surface area contributed by atoms with Gasteiger partial charge in [0.25, 0.3) is 0 Å².